The first-order valence-corrected chi connectivity index (χ1v) is 8.24. The maximum Gasteiger partial charge on any atom is 0.339 e. The quantitative estimate of drug-likeness (QED) is 0.656. The van der Waals surface area contributed by atoms with Gasteiger partial charge in [0.1, 0.15) is 0 Å². The molecule has 0 saturated carbocycles. The van der Waals surface area contributed by atoms with Crippen molar-refractivity contribution < 1.29 is 19.1 Å². The van der Waals surface area contributed by atoms with Crippen LogP contribution < -0.4 is 0 Å². The van der Waals surface area contributed by atoms with Gasteiger partial charge >= 0.3 is 11.9 Å². The Kier molecular flexibility index (Phi) is 3.66. The second-order valence-electron chi connectivity index (χ2n) is 4.93. The number of rotatable bonds is 2. The van der Waals surface area contributed by atoms with E-state index < -0.39 is 11.9 Å². The van der Waals surface area contributed by atoms with E-state index in [1.165, 1.54) is 14.2 Å². The molecule has 2 heterocycles. The van der Waals surface area contributed by atoms with Crippen LogP contribution in [0.25, 0.3) is 20.2 Å². The fraction of sp³-hybridized carbons (Fsp3) is 0.250. The molecule has 0 unspecified atom stereocenters. The molecule has 6 heteroatoms. The molecule has 3 aromatic rings. The van der Waals surface area contributed by atoms with Gasteiger partial charge in [-0.05, 0) is 26.0 Å². The number of hydrogen-bond acceptors (Lipinski definition) is 6. The zero-order valence-electron chi connectivity index (χ0n) is 12.6. The van der Waals surface area contributed by atoms with Crippen molar-refractivity contribution in [2.24, 2.45) is 0 Å². The van der Waals surface area contributed by atoms with E-state index in [0.29, 0.717) is 11.1 Å². The second kappa shape index (κ2) is 5.37. The molecule has 1 aromatic carbocycles. The molecular weight excluding hydrogens is 320 g/mol. The molecule has 0 N–H and O–H groups in total. The minimum absolute atomic E-state index is 0.291. The van der Waals surface area contributed by atoms with Gasteiger partial charge in [-0.2, -0.15) is 0 Å². The Morgan fingerprint density at radius 1 is 0.818 bits per heavy atom. The zero-order chi connectivity index (χ0) is 16.0. The lowest BCUT2D eigenvalue weighted by Gasteiger charge is -2.10. The molecule has 114 valence electrons. The molecule has 0 aliphatic carbocycles. The fourth-order valence-electron chi connectivity index (χ4n) is 2.63. The van der Waals surface area contributed by atoms with Gasteiger partial charge in [0.05, 0.1) is 34.7 Å². The van der Waals surface area contributed by atoms with Crippen LogP contribution in [-0.2, 0) is 9.47 Å². The molecule has 0 amide bonds. The number of benzene rings is 1. The van der Waals surface area contributed by atoms with Gasteiger partial charge in [0.15, 0.2) is 0 Å². The lowest BCUT2D eigenvalue weighted by molar-refractivity contribution is 0.0559. The van der Waals surface area contributed by atoms with Crippen LogP contribution in [0.5, 0.6) is 0 Å². The van der Waals surface area contributed by atoms with Crippen molar-refractivity contribution in [1.82, 2.24) is 0 Å². The smallest absolute Gasteiger partial charge is 0.339 e. The maximum absolute atomic E-state index is 12.3. The summed E-state index contributed by atoms with van der Waals surface area (Å²) < 4.78 is 11.8. The van der Waals surface area contributed by atoms with Crippen LogP contribution in [0.4, 0.5) is 0 Å². The van der Waals surface area contributed by atoms with Gasteiger partial charge < -0.3 is 9.47 Å². The Labute approximate surface area is 135 Å². The highest BCUT2D eigenvalue weighted by Gasteiger charge is 2.27. The first-order chi connectivity index (χ1) is 10.5. The monoisotopic (exact) mass is 334 g/mol. The van der Waals surface area contributed by atoms with Crippen molar-refractivity contribution in [2.75, 3.05) is 14.2 Å². The highest BCUT2D eigenvalue weighted by atomic mass is 32.1. The Hall–Kier alpha value is -1.92. The molecule has 0 radical (unpaired) electrons. The Morgan fingerprint density at radius 3 is 1.50 bits per heavy atom. The number of ether oxygens (including phenoxy) is 2. The van der Waals surface area contributed by atoms with Gasteiger partial charge in [0, 0.05) is 20.5 Å². The molecule has 22 heavy (non-hydrogen) atoms. The Bertz CT molecular complexity index is 842. The van der Waals surface area contributed by atoms with Crippen molar-refractivity contribution in [3.8, 4) is 0 Å². The maximum atomic E-state index is 12.3. The van der Waals surface area contributed by atoms with Crippen LogP contribution in [0.2, 0.25) is 0 Å². The number of fused-ring (bicyclic) bond motifs is 3. The van der Waals surface area contributed by atoms with Gasteiger partial charge in [-0.1, -0.05) is 0 Å². The lowest BCUT2D eigenvalue weighted by atomic mass is 9.99. The van der Waals surface area contributed by atoms with Crippen LogP contribution in [0.3, 0.4) is 0 Å². The molecule has 0 fully saturated rings. The minimum Gasteiger partial charge on any atom is -0.465 e. The number of methoxy groups -OCH3 is 2. The van der Waals surface area contributed by atoms with E-state index in [0.717, 1.165) is 29.9 Å². The van der Waals surface area contributed by atoms with Crippen molar-refractivity contribution in [1.29, 1.82) is 0 Å². The predicted molar refractivity (Wildman–Crippen MR) is 89.4 cm³/mol. The summed E-state index contributed by atoms with van der Waals surface area (Å²) in [5.41, 5.74) is 0.581. The second-order valence-corrected chi connectivity index (χ2v) is 7.45. The Morgan fingerprint density at radius 2 is 1.18 bits per heavy atom. The van der Waals surface area contributed by atoms with Crippen LogP contribution >= 0.6 is 22.7 Å². The number of hydrogen-bond donors (Lipinski definition) is 0. The number of thiophene rings is 2. The summed E-state index contributed by atoms with van der Waals surface area (Å²) in [6.07, 6.45) is 0. The Balaban J connectivity index is 2.59. The molecule has 4 nitrogen and oxygen atoms in total. The number of aryl methyl sites for hydroxylation is 2. The fourth-order valence-corrected chi connectivity index (χ4v) is 4.83. The minimum atomic E-state index is -0.519. The largest absolute Gasteiger partial charge is 0.465 e. The van der Waals surface area contributed by atoms with E-state index in [1.807, 2.05) is 26.0 Å². The molecule has 2 aromatic heterocycles. The molecule has 0 atom stereocenters. The summed E-state index contributed by atoms with van der Waals surface area (Å²) in [6, 6.07) is 3.85. The van der Waals surface area contributed by atoms with Gasteiger partial charge in [-0.3, -0.25) is 0 Å². The zero-order valence-corrected chi connectivity index (χ0v) is 14.2. The number of carbonyl (C=O) groups excluding carboxylic acids is 2. The van der Waals surface area contributed by atoms with Crippen molar-refractivity contribution in [3.63, 3.8) is 0 Å². The number of carbonyl (C=O) groups is 2. The predicted octanol–water partition coefficient (Wildman–Crippen LogP) is 4.31. The average Bonchev–Trinajstić information content (AvgIpc) is 3.05. The summed E-state index contributed by atoms with van der Waals surface area (Å²) in [7, 11) is 2.63. The van der Waals surface area contributed by atoms with Gasteiger partial charge in [0.2, 0.25) is 0 Å². The standard InChI is InChI=1S/C16H14O4S2/c1-7-5-9-11(15(17)19-3)12(16(18)20-4)10-6-8(2)22-14(10)13(9)21-7/h5-6H,1-4H3. The molecule has 0 aliphatic heterocycles. The topological polar surface area (TPSA) is 52.6 Å². The molecule has 3 rings (SSSR count). The summed E-state index contributed by atoms with van der Waals surface area (Å²) >= 11 is 3.23. The van der Waals surface area contributed by atoms with E-state index in [1.54, 1.807) is 22.7 Å². The van der Waals surface area contributed by atoms with Crippen molar-refractivity contribution >= 4 is 54.8 Å². The van der Waals surface area contributed by atoms with Crippen LogP contribution in [-0.4, -0.2) is 26.2 Å². The van der Waals surface area contributed by atoms with Crippen molar-refractivity contribution in [3.05, 3.63) is 33.0 Å². The molecule has 0 saturated heterocycles. The van der Waals surface area contributed by atoms with Gasteiger partial charge in [-0.25, -0.2) is 9.59 Å². The van der Waals surface area contributed by atoms with Gasteiger partial charge in [-0.15, -0.1) is 22.7 Å². The summed E-state index contributed by atoms with van der Waals surface area (Å²) in [5.74, 6) is -1.04. The third-order valence-electron chi connectivity index (χ3n) is 3.48. The molecule has 0 aliphatic rings. The summed E-state index contributed by atoms with van der Waals surface area (Å²) in [5, 5.41) is 1.51. The normalized spacial score (nSPS) is 11.1. The first-order valence-electron chi connectivity index (χ1n) is 6.60. The van der Waals surface area contributed by atoms with E-state index in [2.05, 4.69) is 0 Å². The lowest BCUT2D eigenvalue weighted by Crippen LogP contribution is -2.12. The first kappa shape index (κ1) is 15.0. The molecule has 0 bridgehead atoms. The van der Waals surface area contributed by atoms with Crippen LogP contribution in [0.15, 0.2) is 12.1 Å². The van der Waals surface area contributed by atoms with E-state index in [-0.39, 0.29) is 0 Å². The summed E-state index contributed by atoms with van der Waals surface area (Å²) in [4.78, 5) is 26.8. The molecule has 0 spiro atoms. The van der Waals surface area contributed by atoms with Gasteiger partial charge in [0.25, 0.3) is 0 Å². The van der Waals surface area contributed by atoms with E-state index in [4.69, 9.17) is 9.47 Å². The molecular formula is C16H14O4S2. The number of esters is 2. The third kappa shape index (κ3) is 2.10. The van der Waals surface area contributed by atoms with E-state index in [9.17, 15) is 9.59 Å². The van der Waals surface area contributed by atoms with Crippen molar-refractivity contribution in [2.45, 2.75) is 13.8 Å². The SMILES string of the molecule is COC(=O)c1c(C(=O)OC)c2cc(C)sc2c2sc(C)cc12. The highest BCUT2D eigenvalue weighted by molar-refractivity contribution is 7.27. The van der Waals surface area contributed by atoms with E-state index >= 15 is 0 Å². The van der Waals surface area contributed by atoms with Crippen LogP contribution in [0.1, 0.15) is 30.5 Å². The van der Waals surface area contributed by atoms with Crippen LogP contribution in [0, 0.1) is 13.8 Å². The average molecular weight is 334 g/mol. The third-order valence-corrected chi connectivity index (χ3v) is 5.75. The summed E-state index contributed by atoms with van der Waals surface area (Å²) in [6.45, 7) is 3.96. The highest BCUT2D eigenvalue weighted by Crippen LogP contribution is 2.42.